The van der Waals surface area contributed by atoms with Crippen LogP contribution in [0, 0.1) is 0 Å². The van der Waals surface area contributed by atoms with Crippen LogP contribution in [0.1, 0.15) is 110 Å². The molecule has 2 N–H and O–H groups in total. The Bertz CT molecular complexity index is 320. The molecule has 0 amide bonds. The van der Waals surface area contributed by atoms with E-state index in [1.807, 2.05) is 0 Å². The maximum Gasteiger partial charge on any atom is 0.102 e. The molecule has 0 atom stereocenters. The van der Waals surface area contributed by atoms with Crippen molar-refractivity contribution in [2.24, 2.45) is 0 Å². The van der Waals surface area contributed by atoms with Crippen LogP contribution in [0.2, 0.25) is 0 Å². The molecule has 0 aromatic carbocycles. The minimum Gasteiger partial charge on any atom is -1.00 e. The molecule has 0 unspecified atom stereocenters. The van der Waals surface area contributed by atoms with E-state index >= 15 is 0 Å². The van der Waals surface area contributed by atoms with Gasteiger partial charge in [0.1, 0.15) is 13.1 Å². The summed E-state index contributed by atoms with van der Waals surface area (Å²) in [7, 11) is 0. The zero-order chi connectivity index (χ0) is 20.8. The van der Waals surface area contributed by atoms with Gasteiger partial charge in [-0.1, -0.05) is 77.4 Å². The van der Waals surface area contributed by atoms with Crippen molar-refractivity contribution in [1.29, 1.82) is 0 Å². The zero-order valence-corrected chi connectivity index (χ0v) is 20.5. The van der Waals surface area contributed by atoms with Gasteiger partial charge in [-0.2, -0.15) is 0 Å². The van der Waals surface area contributed by atoms with E-state index in [2.05, 4.69) is 26.0 Å². The van der Waals surface area contributed by atoms with Crippen LogP contribution in [0.4, 0.5) is 0 Å². The lowest BCUT2D eigenvalue weighted by Crippen LogP contribution is -3.00. The van der Waals surface area contributed by atoms with E-state index in [9.17, 15) is 10.2 Å². The molecule has 0 aromatic rings. The van der Waals surface area contributed by atoms with Crippen molar-refractivity contribution in [3.05, 3.63) is 12.2 Å². The molecule has 3 nitrogen and oxygen atoms in total. The number of rotatable bonds is 22. The van der Waals surface area contributed by atoms with Crippen LogP contribution in [0.5, 0.6) is 0 Å². The number of allylic oxidation sites excluding steroid dienone is 2. The quantitative estimate of drug-likeness (QED) is 0.156. The van der Waals surface area contributed by atoms with Gasteiger partial charge in [-0.15, -0.1) is 0 Å². The van der Waals surface area contributed by atoms with Gasteiger partial charge in [0.2, 0.25) is 0 Å². The number of hydrogen-bond acceptors (Lipinski definition) is 2. The third-order valence-corrected chi connectivity index (χ3v) is 5.99. The Kier molecular flexibility index (Phi) is 25.9. The Morgan fingerprint density at radius 2 is 0.966 bits per heavy atom. The highest BCUT2D eigenvalue weighted by atomic mass is 35.5. The molecular weight excluding hydrogens is 382 g/mol. The highest BCUT2D eigenvalue weighted by molar-refractivity contribution is 4.81. The van der Waals surface area contributed by atoms with Crippen molar-refractivity contribution >= 4 is 0 Å². The lowest BCUT2D eigenvalue weighted by molar-refractivity contribution is -0.929. The van der Waals surface area contributed by atoms with Gasteiger partial charge in [0.25, 0.3) is 0 Å². The monoisotopic (exact) mass is 433 g/mol. The molecule has 0 radical (unpaired) electrons. The lowest BCUT2D eigenvalue weighted by Gasteiger charge is -2.38. The topological polar surface area (TPSA) is 40.5 Å². The van der Waals surface area contributed by atoms with E-state index in [0.29, 0.717) is 0 Å². The van der Waals surface area contributed by atoms with Gasteiger partial charge >= 0.3 is 0 Å². The largest absolute Gasteiger partial charge is 1.00 e. The molecule has 0 saturated heterocycles. The first-order valence-electron chi connectivity index (χ1n) is 12.5. The number of nitrogens with zero attached hydrogens (tertiary/aromatic N) is 1. The molecule has 0 aliphatic heterocycles. The molecule has 0 heterocycles. The van der Waals surface area contributed by atoms with Crippen LogP contribution < -0.4 is 12.4 Å². The maximum atomic E-state index is 9.39. The standard InChI is InChI=1S/C25H52NO2.ClH/c1-3-5-6-7-8-9-10-11-12-13-14-15-16-17-18-19-21-26(20-4-2,22-24-27)23-25-28;/h11-12,27-28H,3-10,13-25H2,1-2H3;1H/q+1;/p-1/b12-11-;. The number of halogens is 1. The van der Waals surface area contributed by atoms with Crippen LogP contribution in [-0.4, -0.2) is 54.1 Å². The molecule has 29 heavy (non-hydrogen) atoms. The molecule has 0 aromatic heterocycles. The van der Waals surface area contributed by atoms with Gasteiger partial charge < -0.3 is 27.1 Å². The summed E-state index contributed by atoms with van der Waals surface area (Å²) in [6, 6.07) is 0. The predicted octanol–water partition coefficient (Wildman–Crippen LogP) is 3.24. The summed E-state index contributed by atoms with van der Waals surface area (Å²) in [6.07, 6.45) is 24.6. The van der Waals surface area contributed by atoms with Crippen molar-refractivity contribution in [2.75, 3.05) is 39.4 Å². The van der Waals surface area contributed by atoms with E-state index in [-0.39, 0.29) is 25.6 Å². The second-order valence-corrected chi connectivity index (χ2v) is 8.62. The van der Waals surface area contributed by atoms with E-state index in [0.717, 1.165) is 37.1 Å². The van der Waals surface area contributed by atoms with Crippen molar-refractivity contribution in [2.45, 2.75) is 110 Å². The fourth-order valence-electron chi connectivity index (χ4n) is 4.26. The Balaban J connectivity index is 0. The first-order chi connectivity index (χ1) is 13.7. The molecule has 176 valence electrons. The van der Waals surface area contributed by atoms with Crippen molar-refractivity contribution < 1.29 is 27.1 Å². The van der Waals surface area contributed by atoms with Crippen LogP contribution in [0.3, 0.4) is 0 Å². The van der Waals surface area contributed by atoms with E-state index in [4.69, 9.17) is 0 Å². The molecular formula is C25H52ClNO2. The fraction of sp³-hybridized carbons (Fsp3) is 0.920. The first-order valence-corrected chi connectivity index (χ1v) is 12.5. The van der Waals surface area contributed by atoms with Crippen LogP contribution in [0.25, 0.3) is 0 Å². The van der Waals surface area contributed by atoms with Gasteiger partial charge in [-0.25, -0.2) is 0 Å². The smallest absolute Gasteiger partial charge is 0.102 e. The SMILES string of the molecule is CCCCCCCC/C=C\CCCCCCCC[N+](CCC)(CCO)CCO.[Cl-]. The van der Waals surface area contributed by atoms with Gasteiger partial charge in [0.15, 0.2) is 0 Å². The van der Waals surface area contributed by atoms with Gasteiger partial charge in [0, 0.05) is 0 Å². The number of hydrogen-bond donors (Lipinski definition) is 2. The van der Waals surface area contributed by atoms with Crippen molar-refractivity contribution in [3.63, 3.8) is 0 Å². The maximum absolute atomic E-state index is 9.39. The number of aliphatic hydroxyl groups excluding tert-OH is 2. The third-order valence-electron chi connectivity index (χ3n) is 5.99. The summed E-state index contributed by atoms with van der Waals surface area (Å²) in [5.74, 6) is 0. The van der Waals surface area contributed by atoms with E-state index in [1.165, 1.54) is 89.9 Å². The zero-order valence-electron chi connectivity index (χ0n) is 19.7. The summed E-state index contributed by atoms with van der Waals surface area (Å²) in [5.41, 5.74) is 0. The van der Waals surface area contributed by atoms with Gasteiger partial charge in [-0.3, -0.25) is 0 Å². The third kappa shape index (κ3) is 19.6. The highest BCUT2D eigenvalue weighted by Gasteiger charge is 2.24. The average molecular weight is 434 g/mol. The van der Waals surface area contributed by atoms with Gasteiger partial charge in [0.05, 0.1) is 26.3 Å². The van der Waals surface area contributed by atoms with Crippen molar-refractivity contribution in [1.82, 2.24) is 0 Å². The molecule has 0 spiro atoms. The molecule has 4 heteroatoms. The van der Waals surface area contributed by atoms with E-state index < -0.39 is 0 Å². The minimum atomic E-state index is 0. The Hall–Kier alpha value is -0.0900. The second kappa shape index (κ2) is 24.2. The summed E-state index contributed by atoms with van der Waals surface area (Å²) >= 11 is 0. The average Bonchev–Trinajstić information content (AvgIpc) is 2.68. The minimum absolute atomic E-state index is 0. The summed E-state index contributed by atoms with van der Waals surface area (Å²) in [5, 5.41) is 18.8. The van der Waals surface area contributed by atoms with Crippen LogP contribution >= 0.6 is 0 Å². The van der Waals surface area contributed by atoms with Gasteiger partial charge in [-0.05, 0) is 44.9 Å². The Morgan fingerprint density at radius 1 is 0.517 bits per heavy atom. The molecule has 0 rings (SSSR count). The molecule has 0 aliphatic carbocycles. The molecule has 0 bridgehead atoms. The Labute approximate surface area is 189 Å². The molecule has 0 aliphatic rings. The lowest BCUT2D eigenvalue weighted by atomic mass is 10.1. The number of aliphatic hydroxyl groups is 2. The van der Waals surface area contributed by atoms with Crippen molar-refractivity contribution in [3.8, 4) is 0 Å². The number of unbranched alkanes of at least 4 members (excludes halogenated alkanes) is 12. The summed E-state index contributed by atoms with van der Waals surface area (Å²) in [6.45, 7) is 8.70. The summed E-state index contributed by atoms with van der Waals surface area (Å²) < 4.78 is 0.896. The van der Waals surface area contributed by atoms with E-state index in [1.54, 1.807) is 0 Å². The molecule has 0 saturated carbocycles. The molecule has 0 fully saturated rings. The predicted molar refractivity (Wildman–Crippen MR) is 124 cm³/mol. The normalized spacial score (nSPS) is 11.9. The van der Waals surface area contributed by atoms with Crippen LogP contribution in [0.15, 0.2) is 12.2 Å². The summed E-state index contributed by atoms with van der Waals surface area (Å²) in [4.78, 5) is 0. The first kappa shape index (κ1) is 31.1. The Morgan fingerprint density at radius 3 is 1.41 bits per heavy atom. The number of quaternary nitrogens is 1. The highest BCUT2D eigenvalue weighted by Crippen LogP contribution is 2.14. The second-order valence-electron chi connectivity index (χ2n) is 8.62. The fourth-order valence-corrected chi connectivity index (χ4v) is 4.26. The van der Waals surface area contributed by atoms with Crippen LogP contribution in [-0.2, 0) is 0 Å².